The van der Waals surface area contributed by atoms with E-state index >= 15 is 0 Å². The summed E-state index contributed by atoms with van der Waals surface area (Å²) in [5.74, 6) is -0.226. The van der Waals surface area contributed by atoms with E-state index in [1.54, 1.807) is 29.3 Å². The van der Waals surface area contributed by atoms with Crippen LogP contribution in [0.1, 0.15) is 10.4 Å². The molecule has 6 nitrogen and oxygen atoms in total. The van der Waals surface area contributed by atoms with Crippen molar-refractivity contribution in [3.63, 3.8) is 0 Å². The first-order valence-electron chi connectivity index (χ1n) is 7.56. The number of hydrogen-bond donors (Lipinski definition) is 0. The van der Waals surface area contributed by atoms with Crippen LogP contribution < -0.4 is 4.90 Å². The molecule has 1 aliphatic heterocycles. The number of fused-ring (bicyclic) bond motifs is 2. The summed E-state index contributed by atoms with van der Waals surface area (Å²) in [6.45, 7) is 0. The molecule has 2 aromatic carbocycles. The molecular weight excluding hydrogens is 418 g/mol. The summed E-state index contributed by atoms with van der Waals surface area (Å²) in [7, 11) is 0. The summed E-state index contributed by atoms with van der Waals surface area (Å²) >= 11 is 4.64. The Morgan fingerprint density at radius 3 is 2.62 bits per heavy atom. The van der Waals surface area contributed by atoms with Gasteiger partial charge in [-0.15, -0.1) is 0 Å². The molecule has 4 rings (SSSR count). The molecule has 3 aromatic rings. The third-order valence-electron chi connectivity index (χ3n) is 3.89. The maximum atomic E-state index is 13.2. The Bertz CT molecular complexity index is 1040. The second kappa shape index (κ2) is 6.54. The predicted molar refractivity (Wildman–Crippen MR) is 102 cm³/mol. The van der Waals surface area contributed by atoms with Crippen molar-refractivity contribution in [3.05, 3.63) is 80.9 Å². The first kappa shape index (κ1) is 16.7. The van der Waals surface area contributed by atoms with Crippen molar-refractivity contribution in [2.24, 2.45) is 0 Å². The summed E-state index contributed by atoms with van der Waals surface area (Å²) in [6, 6.07) is 15.2. The van der Waals surface area contributed by atoms with Gasteiger partial charge in [-0.05, 0) is 42.5 Å². The number of pyridine rings is 1. The molecule has 0 radical (unpaired) electrons. The molecule has 1 amide bonds. The van der Waals surface area contributed by atoms with Crippen LogP contribution in [0.5, 0.6) is 0 Å². The van der Waals surface area contributed by atoms with E-state index in [0.29, 0.717) is 26.9 Å². The van der Waals surface area contributed by atoms with Gasteiger partial charge >= 0.3 is 0 Å². The summed E-state index contributed by atoms with van der Waals surface area (Å²) in [4.78, 5) is 30.4. The number of benzene rings is 2. The van der Waals surface area contributed by atoms with Gasteiger partial charge in [-0.2, -0.15) is 0 Å². The smallest absolute Gasteiger partial charge is 0.270 e. The number of rotatable bonds is 2. The number of nitrogens with zero attached hydrogens (tertiary/aromatic N) is 3. The van der Waals surface area contributed by atoms with E-state index in [9.17, 15) is 14.9 Å². The summed E-state index contributed by atoms with van der Waals surface area (Å²) in [6.07, 6.45) is 1.60. The van der Waals surface area contributed by atoms with E-state index in [-0.39, 0.29) is 11.6 Å². The van der Waals surface area contributed by atoms with Crippen LogP contribution in [0.15, 0.2) is 75.2 Å². The van der Waals surface area contributed by atoms with E-state index in [1.807, 2.05) is 24.3 Å². The fourth-order valence-corrected chi connectivity index (χ4v) is 3.99. The van der Waals surface area contributed by atoms with Crippen molar-refractivity contribution in [1.29, 1.82) is 0 Å². The Kier molecular flexibility index (Phi) is 4.21. The Labute approximate surface area is 161 Å². The molecule has 8 heteroatoms. The zero-order valence-electron chi connectivity index (χ0n) is 13.1. The maximum absolute atomic E-state index is 13.2. The van der Waals surface area contributed by atoms with Gasteiger partial charge in [-0.1, -0.05) is 27.7 Å². The van der Waals surface area contributed by atoms with Gasteiger partial charge in [0.25, 0.3) is 11.6 Å². The van der Waals surface area contributed by atoms with Gasteiger partial charge in [0.15, 0.2) is 0 Å². The normalized spacial score (nSPS) is 13.0. The number of amides is 1. The van der Waals surface area contributed by atoms with Crippen LogP contribution in [0.2, 0.25) is 0 Å². The van der Waals surface area contributed by atoms with Crippen LogP contribution >= 0.6 is 27.7 Å². The predicted octanol–water partition coefficient (Wildman–Crippen LogP) is 5.20. The van der Waals surface area contributed by atoms with Crippen LogP contribution in [-0.4, -0.2) is 15.8 Å². The second-order valence-electron chi connectivity index (χ2n) is 5.48. The van der Waals surface area contributed by atoms with Crippen LogP contribution in [0, 0.1) is 10.1 Å². The van der Waals surface area contributed by atoms with E-state index in [0.717, 1.165) is 4.47 Å². The number of carbonyl (C=O) groups excluding carboxylic acids is 1. The van der Waals surface area contributed by atoms with E-state index in [2.05, 4.69) is 20.9 Å². The van der Waals surface area contributed by atoms with Crippen LogP contribution in [-0.2, 0) is 0 Å². The van der Waals surface area contributed by atoms with Crippen molar-refractivity contribution < 1.29 is 9.72 Å². The molecule has 0 bridgehead atoms. The van der Waals surface area contributed by atoms with Gasteiger partial charge in [-0.3, -0.25) is 19.8 Å². The zero-order chi connectivity index (χ0) is 18.3. The number of halogens is 1. The number of nitro benzene ring substituents is 1. The molecule has 26 heavy (non-hydrogen) atoms. The van der Waals surface area contributed by atoms with Gasteiger partial charge in [-0.25, -0.2) is 4.98 Å². The monoisotopic (exact) mass is 427 g/mol. The molecule has 0 aliphatic carbocycles. The lowest BCUT2D eigenvalue weighted by atomic mass is 10.1. The third-order valence-corrected chi connectivity index (χ3v) is 5.49. The second-order valence-corrected chi connectivity index (χ2v) is 7.43. The molecule has 128 valence electrons. The minimum Gasteiger partial charge on any atom is -0.276 e. The van der Waals surface area contributed by atoms with Gasteiger partial charge < -0.3 is 0 Å². The number of aromatic nitrogens is 1. The van der Waals surface area contributed by atoms with E-state index in [4.69, 9.17) is 0 Å². The summed E-state index contributed by atoms with van der Waals surface area (Å²) in [5.41, 5.74) is 1.69. The average molecular weight is 428 g/mol. The molecule has 0 atom stereocenters. The molecule has 0 saturated heterocycles. The number of carbonyl (C=O) groups is 1. The molecule has 1 aliphatic rings. The van der Waals surface area contributed by atoms with E-state index < -0.39 is 4.92 Å². The highest BCUT2D eigenvalue weighted by Crippen LogP contribution is 2.44. The number of nitro groups is 1. The van der Waals surface area contributed by atoms with E-state index in [1.165, 1.54) is 23.9 Å². The summed E-state index contributed by atoms with van der Waals surface area (Å²) < 4.78 is 0.892. The molecule has 0 spiro atoms. The van der Waals surface area contributed by atoms with Crippen molar-refractivity contribution >= 4 is 50.7 Å². The minimum atomic E-state index is -0.448. The maximum Gasteiger partial charge on any atom is 0.270 e. The number of non-ortho nitro benzene ring substituents is 1. The van der Waals surface area contributed by atoms with Crippen molar-refractivity contribution in [1.82, 2.24) is 4.98 Å². The topological polar surface area (TPSA) is 76.3 Å². The fraction of sp³-hybridized carbons (Fsp3) is 0. The Morgan fingerprint density at radius 2 is 1.88 bits per heavy atom. The van der Waals surface area contributed by atoms with Crippen molar-refractivity contribution in [2.75, 3.05) is 4.90 Å². The Morgan fingerprint density at radius 1 is 1.12 bits per heavy atom. The van der Waals surface area contributed by atoms with Gasteiger partial charge in [0.2, 0.25) is 0 Å². The summed E-state index contributed by atoms with van der Waals surface area (Å²) in [5, 5.41) is 11.7. The standard InChI is InChI=1S/C18H10BrN3O3S/c19-11-3-5-12(6-4-11)21-15-8-7-13(22(24)25)10-16(15)26-17-14(18(21)23)2-1-9-20-17/h1-10H. The molecule has 0 N–H and O–H groups in total. The zero-order valence-corrected chi connectivity index (χ0v) is 15.5. The largest absolute Gasteiger partial charge is 0.276 e. The highest BCUT2D eigenvalue weighted by molar-refractivity contribution is 9.10. The SMILES string of the molecule is O=C1c2cccnc2Sc2cc([N+](=O)[O-])ccc2N1c1ccc(Br)cc1. The van der Waals surface area contributed by atoms with Crippen LogP contribution in [0.3, 0.4) is 0 Å². The fourth-order valence-electron chi connectivity index (χ4n) is 2.70. The van der Waals surface area contributed by atoms with Gasteiger partial charge in [0, 0.05) is 33.4 Å². The van der Waals surface area contributed by atoms with Gasteiger partial charge in [0.05, 0.1) is 16.2 Å². The molecule has 0 fully saturated rings. The molecule has 0 saturated carbocycles. The number of hydrogen-bond acceptors (Lipinski definition) is 5. The third kappa shape index (κ3) is 2.87. The lowest BCUT2D eigenvalue weighted by Gasteiger charge is -2.23. The highest BCUT2D eigenvalue weighted by Gasteiger charge is 2.30. The van der Waals surface area contributed by atoms with Crippen LogP contribution in [0.4, 0.5) is 17.1 Å². The van der Waals surface area contributed by atoms with Crippen molar-refractivity contribution in [2.45, 2.75) is 9.92 Å². The first-order chi connectivity index (χ1) is 12.5. The lowest BCUT2D eigenvalue weighted by Crippen LogP contribution is -2.25. The van der Waals surface area contributed by atoms with Gasteiger partial charge in [0.1, 0.15) is 5.03 Å². The highest BCUT2D eigenvalue weighted by atomic mass is 79.9. The quantitative estimate of drug-likeness (QED) is 0.415. The Hall–Kier alpha value is -2.71. The van der Waals surface area contributed by atoms with Crippen LogP contribution in [0.25, 0.3) is 0 Å². The lowest BCUT2D eigenvalue weighted by molar-refractivity contribution is -0.385. The molecule has 1 aromatic heterocycles. The molecular formula is C18H10BrN3O3S. The van der Waals surface area contributed by atoms with Crippen molar-refractivity contribution in [3.8, 4) is 0 Å². The first-order valence-corrected chi connectivity index (χ1v) is 9.17. The minimum absolute atomic E-state index is 0.0289. The molecule has 2 heterocycles. The Balaban J connectivity index is 1.96. The average Bonchev–Trinajstić information content (AvgIpc) is 2.76. The number of anilines is 2. The molecule has 0 unspecified atom stereocenters.